The molecule has 9 heteroatoms. The first-order valence-corrected chi connectivity index (χ1v) is 7.93. The summed E-state index contributed by atoms with van der Waals surface area (Å²) in [5.41, 5.74) is 2.00. The van der Waals surface area contributed by atoms with Crippen molar-refractivity contribution in [2.24, 2.45) is 0 Å². The minimum Gasteiger partial charge on any atom is -0.276 e. The van der Waals surface area contributed by atoms with Crippen molar-refractivity contribution < 1.29 is 35.6 Å². The molecule has 0 radical (unpaired) electrons. The highest BCUT2D eigenvalue weighted by molar-refractivity contribution is 7.86. The molecule has 128 valence electrons. The van der Waals surface area contributed by atoms with Crippen molar-refractivity contribution in [3.05, 3.63) is 41.0 Å². The van der Waals surface area contributed by atoms with Gasteiger partial charge in [-0.05, 0) is 35.4 Å². The lowest BCUT2D eigenvalue weighted by molar-refractivity contribution is -0.206. The Morgan fingerprint density at radius 2 is 1.91 bits per heavy atom. The molecule has 0 aliphatic carbocycles. The summed E-state index contributed by atoms with van der Waals surface area (Å²) in [6.45, 7) is 0.0586. The summed E-state index contributed by atoms with van der Waals surface area (Å²) in [6.07, 6.45) is 1.00. The van der Waals surface area contributed by atoms with Gasteiger partial charge in [-0.2, -0.15) is 21.6 Å². The first-order chi connectivity index (χ1) is 10.7. The zero-order valence-corrected chi connectivity index (χ0v) is 13.2. The van der Waals surface area contributed by atoms with E-state index in [-0.39, 0.29) is 4.90 Å². The normalized spacial score (nSPS) is 18.8. The largest absolute Gasteiger partial charge is 0.379 e. The molecule has 1 aliphatic rings. The van der Waals surface area contributed by atoms with Gasteiger partial charge >= 0.3 is 22.8 Å². The molecule has 2 rings (SSSR count). The number of hydrogen-bond donors (Lipinski definition) is 0. The zero-order chi connectivity index (χ0) is 17.6. The standard InChI is InChI=1S/C13H14O5S.CHF3/c1-3-9(2)12-8-10-5-4-6-11(7-10)19(15,16)18-17-13(12)14;2-1(3)4/h4-7H,3,8H2,1-2H3;1H. The van der Waals surface area contributed by atoms with Crippen LogP contribution in [0.5, 0.6) is 0 Å². The Morgan fingerprint density at radius 3 is 2.48 bits per heavy atom. The Bertz CT molecular complexity index is 695. The Labute approximate surface area is 131 Å². The maximum atomic E-state index is 11.9. The second-order valence-electron chi connectivity index (χ2n) is 4.58. The average Bonchev–Trinajstić information content (AvgIpc) is 2.51. The lowest BCUT2D eigenvalue weighted by Gasteiger charge is -2.07. The molecule has 0 spiro atoms. The van der Waals surface area contributed by atoms with Crippen molar-refractivity contribution in [2.75, 3.05) is 0 Å². The molecule has 0 amide bonds. The number of carbonyl (C=O) groups excluding carboxylic acids is 1. The third kappa shape index (κ3) is 5.68. The van der Waals surface area contributed by atoms with Crippen LogP contribution in [0.2, 0.25) is 0 Å². The fraction of sp³-hybridized carbons (Fsp3) is 0.357. The van der Waals surface area contributed by atoms with Gasteiger partial charge in [0.1, 0.15) is 0 Å². The van der Waals surface area contributed by atoms with Crippen LogP contribution in [-0.2, 0) is 30.6 Å². The van der Waals surface area contributed by atoms with Crippen LogP contribution < -0.4 is 0 Å². The molecule has 1 aliphatic heterocycles. The summed E-state index contributed by atoms with van der Waals surface area (Å²) in [5, 5.41) is 0. The van der Waals surface area contributed by atoms with E-state index in [0.29, 0.717) is 18.4 Å². The van der Waals surface area contributed by atoms with Crippen LogP contribution >= 0.6 is 0 Å². The number of alkyl halides is 3. The van der Waals surface area contributed by atoms with Crippen molar-refractivity contribution in [2.45, 2.75) is 38.3 Å². The lowest BCUT2D eigenvalue weighted by atomic mass is 9.99. The average molecular weight is 352 g/mol. The van der Waals surface area contributed by atoms with Crippen LogP contribution in [0.1, 0.15) is 25.8 Å². The minimum absolute atomic E-state index is 0.0202. The molecule has 1 aromatic carbocycles. The van der Waals surface area contributed by atoms with E-state index in [9.17, 15) is 26.4 Å². The van der Waals surface area contributed by atoms with Gasteiger partial charge in [0.25, 0.3) is 0 Å². The highest BCUT2D eigenvalue weighted by Gasteiger charge is 2.25. The number of hydrogen-bond acceptors (Lipinski definition) is 5. The maximum Gasteiger partial charge on any atom is 0.379 e. The van der Waals surface area contributed by atoms with Gasteiger partial charge in [0.15, 0.2) is 0 Å². The van der Waals surface area contributed by atoms with Crippen molar-refractivity contribution in [3.63, 3.8) is 0 Å². The Kier molecular flexibility index (Phi) is 6.77. The van der Waals surface area contributed by atoms with Crippen molar-refractivity contribution >= 4 is 16.1 Å². The number of halogens is 3. The molecule has 0 aromatic heterocycles. The highest BCUT2D eigenvalue weighted by atomic mass is 32.2. The zero-order valence-electron chi connectivity index (χ0n) is 12.4. The summed E-state index contributed by atoms with van der Waals surface area (Å²) in [6, 6.07) is 6.26. The molecule has 2 bridgehead atoms. The van der Waals surface area contributed by atoms with E-state index in [1.165, 1.54) is 12.1 Å². The predicted molar refractivity (Wildman–Crippen MR) is 74.6 cm³/mol. The minimum atomic E-state index is -4.06. The van der Waals surface area contributed by atoms with E-state index >= 15 is 0 Å². The predicted octanol–water partition coefficient (Wildman–Crippen LogP) is 3.31. The molecule has 23 heavy (non-hydrogen) atoms. The first kappa shape index (κ1) is 19.2. The van der Waals surface area contributed by atoms with E-state index in [1.807, 2.05) is 13.8 Å². The molecule has 1 aromatic rings. The highest BCUT2D eigenvalue weighted by Crippen LogP contribution is 2.23. The molecule has 0 saturated carbocycles. The Balaban J connectivity index is 0.000000593. The number of rotatable bonds is 1. The van der Waals surface area contributed by atoms with Crippen LogP contribution in [-0.4, -0.2) is 21.1 Å². The Hall–Kier alpha value is -1.87. The second kappa shape index (κ2) is 8.11. The summed E-state index contributed by atoms with van der Waals surface area (Å²) >= 11 is 0. The number of benzene rings is 1. The van der Waals surface area contributed by atoms with Crippen molar-refractivity contribution in [3.8, 4) is 0 Å². The molecule has 0 atom stereocenters. The van der Waals surface area contributed by atoms with Gasteiger partial charge in [-0.3, -0.25) is 4.89 Å². The van der Waals surface area contributed by atoms with Gasteiger partial charge in [-0.1, -0.05) is 24.6 Å². The van der Waals surface area contributed by atoms with E-state index < -0.39 is 22.8 Å². The van der Waals surface area contributed by atoms with Gasteiger partial charge in [-0.25, -0.2) is 4.79 Å². The van der Waals surface area contributed by atoms with Crippen LogP contribution in [0.4, 0.5) is 13.2 Å². The second-order valence-corrected chi connectivity index (χ2v) is 6.09. The van der Waals surface area contributed by atoms with Crippen molar-refractivity contribution in [1.29, 1.82) is 0 Å². The maximum absolute atomic E-state index is 11.9. The van der Waals surface area contributed by atoms with Gasteiger partial charge in [0.05, 0.1) is 4.90 Å². The number of carbonyl (C=O) groups is 1. The third-order valence-corrected chi connectivity index (χ3v) is 4.14. The summed E-state index contributed by atoms with van der Waals surface area (Å²) < 4.78 is 56.8. The molecule has 0 fully saturated rings. The molecular formula is C14H15F3O5S. The molecule has 0 unspecified atom stereocenters. The third-order valence-electron chi connectivity index (χ3n) is 3.06. The van der Waals surface area contributed by atoms with E-state index in [4.69, 9.17) is 0 Å². The molecular weight excluding hydrogens is 337 g/mol. The lowest BCUT2D eigenvalue weighted by Crippen LogP contribution is -2.14. The molecule has 0 saturated heterocycles. The fourth-order valence-electron chi connectivity index (χ4n) is 1.79. The van der Waals surface area contributed by atoms with Gasteiger partial charge in [0.2, 0.25) is 0 Å². The molecule has 1 heterocycles. The molecule has 5 nitrogen and oxygen atoms in total. The van der Waals surface area contributed by atoms with Crippen LogP contribution in [0.25, 0.3) is 0 Å². The quantitative estimate of drug-likeness (QED) is 0.573. The van der Waals surface area contributed by atoms with Crippen LogP contribution in [0.15, 0.2) is 40.3 Å². The SMILES string of the molecule is CCC(C)=C1Cc2cccc(c2)S(=O)(=O)OOC1=O.FC(F)F. The van der Waals surface area contributed by atoms with Gasteiger partial charge in [-0.15, -0.1) is 0 Å². The fourth-order valence-corrected chi connectivity index (χ4v) is 2.56. The topological polar surface area (TPSA) is 69.7 Å². The van der Waals surface area contributed by atoms with E-state index in [0.717, 1.165) is 11.1 Å². The van der Waals surface area contributed by atoms with Crippen LogP contribution in [0.3, 0.4) is 0 Å². The van der Waals surface area contributed by atoms with Crippen LogP contribution in [0, 0.1) is 0 Å². The monoisotopic (exact) mass is 352 g/mol. The first-order valence-electron chi connectivity index (χ1n) is 6.52. The van der Waals surface area contributed by atoms with Crippen molar-refractivity contribution in [1.82, 2.24) is 0 Å². The summed E-state index contributed by atoms with van der Waals surface area (Å²) in [5.74, 6) is -0.759. The Morgan fingerprint density at radius 1 is 1.30 bits per heavy atom. The van der Waals surface area contributed by atoms with Gasteiger partial charge in [0, 0.05) is 12.0 Å². The summed E-state index contributed by atoms with van der Waals surface area (Å²) in [4.78, 5) is 16.3. The number of allylic oxidation sites excluding steroid dienone is 1. The number of fused-ring (bicyclic) bond motifs is 2. The molecule has 0 N–H and O–H groups in total. The summed E-state index contributed by atoms with van der Waals surface area (Å²) in [7, 11) is -4.06. The van der Waals surface area contributed by atoms with Gasteiger partial charge < -0.3 is 0 Å². The van der Waals surface area contributed by atoms with E-state index in [2.05, 4.69) is 9.22 Å². The smallest absolute Gasteiger partial charge is 0.276 e. The van der Waals surface area contributed by atoms with E-state index in [1.54, 1.807) is 12.1 Å².